The number of H-pyrrole nitrogens is 1. The van der Waals surface area contributed by atoms with E-state index < -0.39 is 11.7 Å². The van der Waals surface area contributed by atoms with Gasteiger partial charge in [-0.2, -0.15) is 13.2 Å². The average Bonchev–Trinajstić information content (AvgIpc) is 3.48. The third-order valence-electron chi connectivity index (χ3n) is 8.67. The van der Waals surface area contributed by atoms with E-state index in [9.17, 15) is 18.0 Å². The molecule has 1 amide bonds. The summed E-state index contributed by atoms with van der Waals surface area (Å²) in [7, 11) is 0. The van der Waals surface area contributed by atoms with Gasteiger partial charge in [-0.1, -0.05) is 19.1 Å². The minimum absolute atomic E-state index is 0.0778. The average molecular weight is 592 g/mol. The number of nitrogens with one attached hydrogen (secondary N) is 1. The lowest BCUT2D eigenvalue weighted by Crippen LogP contribution is -2.45. The molecular formula is C33H36F3N5O2. The number of piperazine rings is 1. The predicted molar refractivity (Wildman–Crippen MR) is 159 cm³/mol. The highest BCUT2D eigenvalue weighted by Gasteiger charge is 2.34. The number of benzene rings is 2. The standard InChI is InChI=1S/C33H36F3N5O2/c1-3-39-12-14-40(15-13-39)20-24-5-4-23(17-29(24)33(34,35)36)18-31(42)41-11-8-27-22(2)16-26(19-25(27)21-41)43-30-7-10-38-32-28(30)6-9-37-32/h4-7,9-10,16-17,19H,3,8,11-15,18,20-21H2,1-2H3,(H,37,38). The Hall–Kier alpha value is -3.89. The van der Waals surface area contributed by atoms with Crippen molar-refractivity contribution in [1.82, 2.24) is 24.7 Å². The first-order valence-electron chi connectivity index (χ1n) is 14.8. The highest BCUT2D eigenvalue weighted by Crippen LogP contribution is 2.35. The molecule has 2 aromatic heterocycles. The summed E-state index contributed by atoms with van der Waals surface area (Å²) < 4.78 is 48.6. The van der Waals surface area contributed by atoms with Crippen LogP contribution < -0.4 is 4.74 Å². The van der Waals surface area contributed by atoms with Crippen LogP contribution >= 0.6 is 0 Å². The van der Waals surface area contributed by atoms with Crippen molar-refractivity contribution in [2.45, 2.75) is 46.0 Å². The first-order chi connectivity index (χ1) is 20.7. The molecule has 43 heavy (non-hydrogen) atoms. The van der Waals surface area contributed by atoms with Gasteiger partial charge in [-0.15, -0.1) is 0 Å². The molecule has 0 aliphatic carbocycles. The predicted octanol–water partition coefficient (Wildman–Crippen LogP) is 5.95. The molecule has 0 saturated carbocycles. The van der Waals surface area contributed by atoms with Crippen molar-refractivity contribution in [2.24, 2.45) is 0 Å². The monoisotopic (exact) mass is 591 g/mol. The van der Waals surface area contributed by atoms with E-state index in [2.05, 4.69) is 26.7 Å². The molecule has 4 heterocycles. The largest absolute Gasteiger partial charge is 0.457 e. The van der Waals surface area contributed by atoms with Gasteiger partial charge in [-0.3, -0.25) is 9.69 Å². The maximum Gasteiger partial charge on any atom is 0.416 e. The number of aromatic nitrogens is 2. The number of aromatic amines is 1. The van der Waals surface area contributed by atoms with Gasteiger partial charge in [0.2, 0.25) is 5.91 Å². The van der Waals surface area contributed by atoms with E-state index in [0.29, 0.717) is 36.6 Å². The number of carbonyl (C=O) groups is 1. The Bertz CT molecular complexity index is 1620. The number of nitrogens with zero attached hydrogens (tertiary/aromatic N) is 4. The van der Waals surface area contributed by atoms with Crippen molar-refractivity contribution in [3.05, 3.63) is 88.2 Å². The van der Waals surface area contributed by atoms with E-state index in [1.54, 1.807) is 23.2 Å². The van der Waals surface area contributed by atoms with Crippen molar-refractivity contribution < 1.29 is 22.7 Å². The smallest absolute Gasteiger partial charge is 0.416 e. The van der Waals surface area contributed by atoms with Gasteiger partial charge in [0, 0.05) is 58.2 Å². The molecular weight excluding hydrogens is 555 g/mol. The number of hydrogen-bond donors (Lipinski definition) is 1. The van der Waals surface area contributed by atoms with Gasteiger partial charge in [0.05, 0.1) is 17.4 Å². The lowest BCUT2D eigenvalue weighted by atomic mass is 9.94. The van der Waals surface area contributed by atoms with Gasteiger partial charge < -0.3 is 19.5 Å². The fourth-order valence-electron chi connectivity index (χ4n) is 6.23. The van der Waals surface area contributed by atoms with Crippen LogP contribution in [0.1, 0.15) is 40.3 Å². The molecule has 2 aromatic carbocycles. The number of halogens is 3. The Morgan fingerprint density at radius 2 is 1.81 bits per heavy atom. The summed E-state index contributed by atoms with van der Waals surface area (Å²) >= 11 is 0. The van der Waals surface area contributed by atoms with Crippen molar-refractivity contribution in [3.63, 3.8) is 0 Å². The molecule has 2 aliphatic rings. The normalized spacial score (nSPS) is 16.4. The maximum atomic E-state index is 14.1. The molecule has 226 valence electrons. The van der Waals surface area contributed by atoms with Gasteiger partial charge in [0.15, 0.2) is 0 Å². The first kappa shape index (κ1) is 29.2. The zero-order valence-corrected chi connectivity index (χ0v) is 24.5. The lowest BCUT2D eigenvalue weighted by Gasteiger charge is -2.34. The SMILES string of the molecule is CCN1CCN(Cc2ccc(CC(=O)N3CCc4c(C)cc(Oc5ccnc6[nH]ccc56)cc4C3)cc2C(F)(F)F)CC1. The van der Waals surface area contributed by atoms with Crippen molar-refractivity contribution in [2.75, 3.05) is 39.3 Å². The minimum atomic E-state index is -4.49. The van der Waals surface area contributed by atoms with Crippen molar-refractivity contribution >= 4 is 16.9 Å². The molecule has 0 spiro atoms. The van der Waals surface area contributed by atoms with E-state index in [0.717, 1.165) is 54.9 Å². The second kappa shape index (κ2) is 12.0. The second-order valence-electron chi connectivity index (χ2n) is 11.5. The van der Waals surface area contributed by atoms with E-state index in [1.807, 2.05) is 37.4 Å². The van der Waals surface area contributed by atoms with Gasteiger partial charge in [-0.05, 0) is 78.0 Å². The molecule has 0 atom stereocenters. The summed E-state index contributed by atoms with van der Waals surface area (Å²) in [6, 6.07) is 12.1. The molecule has 1 fully saturated rings. The van der Waals surface area contributed by atoms with Crippen LogP contribution in [0.3, 0.4) is 0 Å². The van der Waals surface area contributed by atoms with Crippen molar-refractivity contribution in [1.29, 1.82) is 0 Å². The van der Waals surface area contributed by atoms with E-state index in [4.69, 9.17) is 4.74 Å². The number of alkyl halides is 3. The van der Waals surface area contributed by atoms with Crippen molar-refractivity contribution in [3.8, 4) is 11.5 Å². The first-order valence-corrected chi connectivity index (χ1v) is 14.8. The Morgan fingerprint density at radius 1 is 1.02 bits per heavy atom. The number of fused-ring (bicyclic) bond motifs is 2. The molecule has 1 N–H and O–H groups in total. The highest BCUT2D eigenvalue weighted by atomic mass is 19.4. The summed E-state index contributed by atoms with van der Waals surface area (Å²) in [5.41, 5.74) is 3.98. The van der Waals surface area contributed by atoms with Crippen LogP contribution in [0.4, 0.5) is 13.2 Å². The van der Waals surface area contributed by atoms with Gasteiger partial charge in [0.25, 0.3) is 0 Å². The Labute approximate surface area is 249 Å². The fourth-order valence-corrected chi connectivity index (χ4v) is 6.23. The fraction of sp³-hybridized carbons (Fsp3) is 0.394. The third-order valence-corrected chi connectivity index (χ3v) is 8.67. The molecule has 0 radical (unpaired) electrons. The van der Waals surface area contributed by atoms with Crippen LogP contribution in [0.2, 0.25) is 0 Å². The molecule has 2 aliphatic heterocycles. The number of ether oxygens (including phenoxy) is 1. The molecule has 7 nitrogen and oxygen atoms in total. The summed E-state index contributed by atoms with van der Waals surface area (Å²) in [6.45, 7) is 9.44. The number of aryl methyl sites for hydroxylation is 1. The number of carbonyl (C=O) groups excluding carboxylic acids is 1. The van der Waals surface area contributed by atoms with Crippen LogP contribution in [0.25, 0.3) is 11.0 Å². The number of hydrogen-bond acceptors (Lipinski definition) is 5. The molecule has 10 heteroatoms. The summed E-state index contributed by atoms with van der Waals surface area (Å²) in [6.07, 6.45) is -0.386. The van der Waals surface area contributed by atoms with Crippen LogP contribution in [-0.4, -0.2) is 69.8 Å². The van der Waals surface area contributed by atoms with Crippen LogP contribution in [0.15, 0.2) is 54.9 Å². The molecule has 0 bridgehead atoms. The summed E-state index contributed by atoms with van der Waals surface area (Å²) in [4.78, 5) is 26.9. The van der Waals surface area contributed by atoms with Crippen LogP contribution in [0.5, 0.6) is 11.5 Å². The summed E-state index contributed by atoms with van der Waals surface area (Å²) in [5, 5.41) is 0.873. The van der Waals surface area contributed by atoms with E-state index >= 15 is 0 Å². The van der Waals surface area contributed by atoms with Crippen LogP contribution in [-0.2, 0) is 36.9 Å². The number of amides is 1. The molecule has 6 rings (SSSR count). The quantitative estimate of drug-likeness (QED) is 0.288. The topological polar surface area (TPSA) is 64.7 Å². The lowest BCUT2D eigenvalue weighted by molar-refractivity contribution is -0.138. The number of pyridine rings is 1. The molecule has 4 aromatic rings. The van der Waals surface area contributed by atoms with Gasteiger partial charge in [-0.25, -0.2) is 4.98 Å². The maximum absolute atomic E-state index is 14.1. The zero-order chi connectivity index (χ0) is 30.1. The van der Waals surface area contributed by atoms with Gasteiger partial charge >= 0.3 is 6.18 Å². The molecule has 0 unspecified atom stereocenters. The Morgan fingerprint density at radius 3 is 2.58 bits per heavy atom. The van der Waals surface area contributed by atoms with Crippen LogP contribution in [0, 0.1) is 6.92 Å². The molecule has 1 saturated heterocycles. The Kier molecular flexibility index (Phi) is 8.15. The minimum Gasteiger partial charge on any atom is -0.457 e. The van der Waals surface area contributed by atoms with E-state index in [1.165, 1.54) is 11.6 Å². The van der Waals surface area contributed by atoms with Gasteiger partial charge in [0.1, 0.15) is 17.1 Å². The Balaban J connectivity index is 1.15. The number of likely N-dealkylation sites (N-methyl/N-ethyl adjacent to an activating group) is 1. The summed E-state index contributed by atoms with van der Waals surface area (Å²) in [5.74, 6) is 1.16. The second-order valence-corrected chi connectivity index (χ2v) is 11.5. The number of rotatable bonds is 7. The zero-order valence-electron chi connectivity index (χ0n) is 24.5. The highest BCUT2D eigenvalue weighted by molar-refractivity contribution is 5.82. The third kappa shape index (κ3) is 6.40. The van der Waals surface area contributed by atoms with E-state index in [-0.39, 0.29) is 24.4 Å².